The van der Waals surface area contributed by atoms with Crippen LogP contribution in [0.25, 0.3) is 5.57 Å². The van der Waals surface area contributed by atoms with Gasteiger partial charge >= 0.3 is 0 Å². The molecule has 3 rings (SSSR count). The summed E-state index contributed by atoms with van der Waals surface area (Å²) >= 11 is 13.8. The van der Waals surface area contributed by atoms with Gasteiger partial charge in [0.25, 0.3) is 0 Å². The summed E-state index contributed by atoms with van der Waals surface area (Å²) in [6.45, 7) is 11.9. The first-order chi connectivity index (χ1) is 31.0. The van der Waals surface area contributed by atoms with Gasteiger partial charge in [-0.2, -0.15) is 0 Å². The molecule has 0 radical (unpaired) electrons. The topological polar surface area (TPSA) is 142 Å². The third kappa shape index (κ3) is 18.3. The molecule has 358 valence electrons. The lowest BCUT2D eigenvalue weighted by Crippen LogP contribution is -2.35. The highest BCUT2D eigenvalue weighted by Gasteiger charge is 2.40. The first-order valence-corrected chi connectivity index (χ1v) is 25.7. The van der Waals surface area contributed by atoms with Crippen LogP contribution >= 0.6 is 23.2 Å². The number of rotatable bonds is 34. The Morgan fingerprint density at radius 1 is 0.609 bits per heavy atom. The van der Waals surface area contributed by atoms with Gasteiger partial charge in [0.05, 0.1) is 34.5 Å². The van der Waals surface area contributed by atoms with Crippen LogP contribution in [0.3, 0.4) is 0 Å². The zero-order chi connectivity index (χ0) is 46.7. The zero-order valence-electron chi connectivity index (χ0n) is 39.7. The Morgan fingerprint density at radius 3 is 1.69 bits per heavy atom. The highest BCUT2D eigenvalue weighted by Crippen LogP contribution is 2.45. The van der Waals surface area contributed by atoms with Crippen molar-refractivity contribution in [1.82, 2.24) is 10.6 Å². The predicted octanol–water partition coefficient (Wildman–Crippen LogP) is 12.7. The van der Waals surface area contributed by atoms with E-state index in [1.165, 1.54) is 75.7 Å². The Hall–Kier alpha value is -3.76. The molecule has 0 aromatic heterocycles. The van der Waals surface area contributed by atoms with Crippen molar-refractivity contribution in [3.05, 3.63) is 62.6 Å². The van der Waals surface area contributed by atoms with Crippen molar-refractivity contribution < 1.29 is 34.3 Å². The van der Waals surface area contributed by atoms with Gasteiger partial charge in [-0.1, -0.05) is 160 Å². The Morgan fingerprint density at radius 2 is 1.12 bits per heavy atom. The van der Waals surface area contributed by atoms with Gasteiger partial charge in [-0.25, -0.2) is 4.58 Å². The lowest BCUT2D eigenvalue weighted by atomic mass is 9.79. The molecule has 0 atom stereocenters. The van der Waals surface area contributed by atoms with Crippen LogP contribution in [0.15, 0.2) is 52.0 Å². The number of phenols is 1. The van der Waals surface area contributed by atoms with Crippen LogP contribution in [0.4, 0.5) is 5.69 Å². The SMILES string of the molecule is CCCCCCCCN(CCNC(=O)CCCCCCC)c1cc(O)c(C2=C(O)/C(=C3\C=C(Cl)C(=[N+](CCCCCCCC)CCNC(=O)CCCCCCC)C=C3O)C2=O)cc1Cl. The largest absolute Gasteiger partial charge is 0.507 e. The number of aromatic hydroxyl groups is 1. The second-order valence-electron chi connectivity index (χ2n) is 17.6. The third-order valence-corrected chi connectivity index (χ3v) is 12.9. The normalized spacial score (nSPS) is 15.8. The maximum atomic E-state index is 13.8. The van der Waals surface area contributed by atoms with Crippen molar-refractivity contribution in [3.63, 3.8) is 0 Å². The Balaban J connectivity index is 1.82. The van der Waals surface area contributed by atoms with E-state index >= 15 is 0 Å². The van der Waals surface area contributed by atoms with Crippen molar-refractivity contribution in [1.29, 1.82) is 0 Å². The minimum absolute atomic E-state index is 0.0230. The van der Waals surface area contributed by atoms with E-state index in [2.05, 4.69) is 47.8 Å². The Kier molecular flexibility index (Phi) is 26.6. The van der Waals surface area contributed by atoms with Gasteiger partial charge in [0.2, 0.25) is 23.3 Å². The number of unbranched alkanes of at least 4 members (excludes halogenated alkanes) is 18. The lowest BCUT2D eigenvalue weighted by molar-refractivity contribution is -0.525. The van der Waals surface area contributed by atoms with Gasteiger partial charge in [0.15, 0.2) is 6.54 Å². The summed E-state index contributed by atoms with van der Waals surface area (Å²) in [7, 11) is 0. The van der Waals surface area contributed by atoms with E-state index in [1.54, 1.807) is 0 Å². The number of aliphatic hydroxyl groups excluding tert-OH is 2. The number of benzene rings is 1. The molecule has 2 aliphatic rings. The molecule has 0 heterocycles. The van der Waals surface area contributed by atoms with Crippen LogP contribution < -0.4 is 15.5 Å². The van der Waals surface area contributed by atoms with E-state index in [1.807, 2.05) is 0 Å². The minimum atomic E-state index is -0.557. The van der Waals surface area contributed by atoms with Gasteiger partial charge in [0, 0.05) is 56.1 Å². The van der Waals surface area contributed by atoms with Gasteiger partial charge in [-0.15, -0.1) is 0 Å². The lowest BCUT2D eigenvalue weighted by Gasteiger charge is -2.28. The predicted molar refractivity (Wildman–Crippen MR) is 266 cm³/mol. The summed E-state index contributed by atoms with van der Waals surface area (Å²) < 4.78 is 2.06. The summed E-state index contributed by atoms with van der Waals surface area (Å²) in [6.07, 6.45) is 28.0. The smallest absolute Gasteiger partial charge is 0.222 e. The number of allylic oxidation sites excluding steroid dienone is 5. The number of phenolic OH excluding ortho intramolecular Hbond substituents is 1. The number of hydrogen-bond acceptors (Lipinski definition) is 7. The molecular formula is C52H81Cl2N4O6+. The van der Waals surface area contributed by atoms with E-state index in [0.717, 1.165) is 89.9 Å². The van der Waals surface area contributed by atoms with E-state index in [9.17, 15) is 29.7 Å². The summed E-state index contributed by atoms with van der Waals surface area (Å²) in [5.41, 5.74) is 1.14. The molecule has 5 N–H and O–H groups in total. The van der Waals surface area contributed by atoms with E-state index in [-0.39, 0.29) is 51.4 Å². The number of halogens is 2. The maximum Gasteiger partial charge on any atom is 0.222 e. The van der Waals surface area contributed by atoms with Crippen LogP contribution in [-0.2, 0) is 14.4 Å². The number of anilines is 1. The standard InChI is InChI=1S/C52H80Cl2N4O6/c1-5-9-13-17-21-25-31-57(33-29-55-47(61)27-23-19-15-11-7-3)43-37-45(59)39(35-41(43)53)49-51(63)50(52(49)64)40-36-42(54)44(38-46(40)60)58(32-26-22-18-14-10-6-2)34-30-56-48(62)28-24-20-16-12-8-4/h35-38H,5-34H2,1-4H3,(H4,55,56,59,60,61,62,63,64)/p+1. The summed E-state index contributed by atoms with van der Waals surface area (Å²) in [4.78, 5) is 41.1. The average molecular weight is 929 g/mol. The van der Waals surface area contributed by atoms with Crippen molar-refractivity contribution in [2.24, 2.45) is 0 Å². The number of hydrogen-bond donors (Lipinski definition) is 5. The number of nitrogens with one attached hydrogen (secondary N) is 2. The number of carbonyl (C=O) groups excluding carboxylic acids is 3. The van der Waals surface area contributed by atoms with Gasteiger partial charge in [0.1, 0.15) is 28.8 Å². The molecule has 2 amide bonds. The van der Waals surface area contributed by atoms with E-state index in [4.69, 9.17) is 23.2 Å². The molecule has 0 bridgehead atoms. The van der Waals surface area contributed by atoms with Crippen molar-refractivity contribution >= 4 is 57.8 Å². The molecule has 0 aliphatic heterocycles. The fraction of sp³-hybridized carbons (Fsp3) is 0.654. The van der Waals surface area contributed by atoms with Crippen LogP contribution in [0.5, 0.6) is 5.75 Å². The number of Topliss-reactive ketones (excluding diaryl/α,β-unsaturated/α-hetero) is 1. The van der Waals surface area contributed by atoms with Crippen LogP contribution in [0, 0.1) is 0 Å². The number of aliphatic hydroxyl groups is 2. The maximum absolute atomic E-state index is 13.8. The first kappa shape index (κ1) is 54.6. The average Bonchev–Trinajstić information content (AvgIpc) is 3.27. The Labute approximate surface area is 395 Å². The highest BCUT2D eigenvalue weighted by atomic mass is 35.5. The van der Waals surface area contributed by atoms with Gasteiger partial charge in [-0.05, 0) is 37.8 Å². The molecule has 12 heteroatoms. The number of ketones is 1. The van der Waals surface area contributed by atoms with Crippen LogP contribution in [-0.4, -0.2) is 82.5 Å². The van der Waals surface area contributed by atoms with Crippen molar-refractivity contribution in [3.8, 4) is 5.75 Å². The number of nitrogens with zero attached hydrogens (tertiary/aromatic N) is 2. The molecule has 10 nitrogen and oxygen atoms in total. The molecule has 2 aliphatic carbocycles. The molecule has 0 unspecified atom stereocenters. The van der Waals surface area contributed by atoms with Crippen molar-refractivity contribution in [2.45, 2.75) is 182 Å². The number of amides is 2. The molecule has 1 aromatic carbocycles. The molecule has 0 spiro atoms. The first-order valence-electron chi connectivity index (χ1n) is 24.9. The molecule has 1 aromatic rings. The second kappa shape index (κ2) is 31.2. The molecule has 0 fully saturated rings. The summed E-state index contributed by atoms with van der Waals surface area (Å²) in [6, 6.07) is 3.02. The zero-order valence-corrected chi connectivity index (χ0v) is 41.3. The summed E-state index contributed by atoms with van der Waals surface area (Å²) in [5, 5.41) is 40.8. The summed E-state index contributed by atoms with van der Waals surface area (Å²) in [5.74, 6) is -1.32. The monoisotopic (exact) mass is 928 g/mol. The van der Waals surface area contributed by atoms with Crippen molar-refractivity contribution in [2.75, 3.05) is 44.2 Å². The van der Waals surface area contributed by atoms with Gasteiger partial charge < -0.3 is 30.9 Å². The fourth-order valence-corrected chi connectivity index (χ4v) is 8.94. The third-order valence-electron chi connectivity index (χ3n) is 12.3. The quantitative estimate of drug-likeness (QED) is 0.0263. The van der Waals surface area contributed by atoms with Gasteiger partial charge in [-0.3, -0.25) is 14.4 Å². The molecule has 0 saturated carbocycles. The van der Waals surface area contributed by atoms with E-state index in [0.29, 0.717) is 73.6 Å². The Bertz CT molecular complexity index is 1820. The molecule has 64 heavy (non-hydrogen) atoms. The fourth-order valence-electron chi connectivity index (χ4n) is 8.38. The second-order valence-corrected chi connectivity index (χ2v) is 18.4. The molecular weight excluding hydrogens is 847 g/mol. The minimum Gasteiger partial charge on any atom is -0.507 e. The number of carbonyl (C=O) groups is 3. The highest BCUT2D eigenvalue weighted by molar-refractivity contribution is 6.46. The molecule has 0 saturated heterocycles. The van der Waals surface area contributed by atoms with Crippen LogP contribution in [0.2, 0.25) is 5.02 Å². The van der Waals surface area contributed by atoms with E-state index < -0.39 is 5.78 Å². The van der Waals surface area contributed by atoms with Crippen LogP contribution in [0.1, 0.15) is 187 Å².